The van der Waals surface area contributed by atoms with Crippen LogP contribution < -0.4 is 5.32 Å². The molecule has 4 aliphatic carbocycles. The Kier molecular flexibility index (Phi) is 4.21. The molecule has 24 heavy (non-hydrogen) atoms. The Labute approximate surface area is 147 Å². The lowest BCUT2D eigenvalue weighted by Crippen LogP contribution is -2.55. The van der Waals surface area contributed by atoms with Gasteiger partial charge in [0.25, 0.3) is 0 Å². The molecule has 3 heteroatoms. The SMILES string of the molecule is C[C@]12CCC3C(CC[C@H]4C[C@H](O)CC[C@]34C)C1CC[C@H]2NCC#N. The van der Waals surface area contributed by atoms with Gasteiger partial charge in [-0.1, -0.05) is 13.8 Å². The van der Waals surface area contributed by atoms with Crippen molar-refractivity contribution in [2.24, 2.45) is 34.5 Å². The van der Waals surface area contributed by atoms with Crippen LogP contribution in [-0.4, -0.2) is 23.8 Å². The van der Waals surface area contributed by atoms with Crippen LogP contribution in [0.1, 0.15) is 71.6 Å². The van der Waals surface area contributed by atoms with Gasteiger partial charge in [-0.25, -0.2) is 0 Å². The number of rotatable bonds is 2. The summed E-state index contributed by atoms with van der Waals surface area (Å²) >= 11 is 0. The van der Waals surface area contributed by atoms with Crippen molar-refractivity contribution in [2.75, 3.05) is 6.54 Å². The molecule has 2 N–H and O–H groups in total. The molecule has 0 heterocycles. The third-order valence-corrected chi connectivity index (χ3v) is 9.07. The van der Waals surface area contributed by atoms with Gasteiger partial charge in [-0.05, 0) is 92.3 Å². The molecule has 0 spiro atoms. The lowest BCUT2D eigenvalue weighted by atomic mass is 9.45. The van der Waals surface area contributed by atoms with E-state index in [2.05, 4.69) is 25.2 Å². The second-order valence-corrected chi connectivity index (χ2v) is 9.80. The summed E-state index contributed by atoms with van der Waals surface area (Å²) in [6, 6.07) is 2.82. The van der Waals surface area contributed by atoms with E-state index < -0.39 is 0 Å². The number of aliphatic hydroxyl groups excluding tert-OH is 1. The number of hydrogen-bond acceptors (Lipinski definition) is 3. The first kappa shape index (κ1) is 16.9. The molecule has 0 aromatic carbocycles. The summed E-state index contributed by atoms with van der Waals surface area (Å²) in [6.07, 6.45) is 11.3. The molecule has 4 aliphatic rings. The van der Waals surface area contributed by atoms with E-state index in [1.807, 2.05) is 0 Å². The van der Waals surface area contributed by atoms with E-state index in [4.69, 9.17) is 5.26 Å². The molecule has 0 amide bonds. The van der Waals surface area contributed by atoms with Gasteiger partial charge in [-0.2, -0.15) is 5.26 Å². The Bertz CT molecular complexity index is 528. The Morgan fingerprint density at radius 1 is 1.00 bits per heavy atom. The smallest absolute Gasteiger partial charge is 0.0843 e. The zero-order chi connectivity index (χ0) is 16.9. The average molecular weight is 331 g/mol. The standard InChI is InChI=1S/C21H34N2O/c1-20-9-7-15(24)13-14(20)3-4-16-17-5-6-19(23-12-11-22)21(17,2)10-8-18(16)20/h14-19,23-24H,3-10,12-13H2,1-2H3/t14-,15+,16?,17?,18?,19+,20-,21-/m0/s1. The summed E-state index contributed by atoms with van der Waals surface area (Å²) in [7, 11) is 0. The molecule has 0 radical (unpaired) electrons. The average Bonchev–Trinajstić information content (AvgIpc) is 2.90. The third-order valence-electron chi connectivity index (χ3n) is 9.07. The fourth-order valence-corrected chi connectivity index (χ4v) is 7.74. The molecule has 0 bridgehead atoms. The summed E-state index contributed by atoms with van der Waals surface area (Å²) in [5.41, 5.74) is 0.872. The molecular weight excluding hydrogens is 296 g/mol. The molecule has 8 atom stereocenters. The first-order valence-electron chi connectivity index (χ1n) is 10.3. The van der Waals surface area contributed by atoms with Crippen LogP contribution in [0.25, 0.3) is 0 Å². The van der Waals surface area contributed by atoms with E-state index >= 15 is 0 Å². The van der Waals surface area contributed by atoms with Crippen LogP contribution in [0.2, 0.25) is 0 Å². The van der Waals surface area contributed by atoms with Crippen molar-refractivity contribution in [2.45, 2.75) is 83.8 Å². The predicted molar refractivity (Wildman–Crippen MR) is 95.1 cm³/mol. The molecule has 3 unspecified atom stereocenters. The van der Waals surface area contributed by atoms with Crippen LogP contribution in [0.4, 0.5) is 0 Å². The highest BCUT2D eigenvalue weighted by molar-refractivity contribution is 5.11. The van der Waals surface area contributed by atoms with Crippen LogP contribution in [0.5, 0.6) is 0 Å². The first-order valence-corrected chi connectivity index (χ1v) is 10.3. The molecule has 0 aromatic heterocycles. The predicted octanol–water partition coefficient (Wildman–Crippen LogP) is 3.87. The molecule has 4 rings (SSSR count). The Morgan fingerprint density at radius 2 is 1.75 bits per heavy atom. The van der Waals surface area contributed by atoms with Crippen molar-refractivity contribution in [3.05, 3.63) is 0 Å². The van der Waals surface area contributed by atoms with E-state index in [9.17, 15) is 5.11 Å². The molecule has 134 valence electrons. The zero-order valence-corrected chi connectivity index (χ0v) is 15.4. The lowest BCUT2D eigenvalue weighted by Gasteiger charge is -2.61. The van der Waals surface area contributed by atoms with Crippen molar-refractivity contribution in [1.29, 1.82) is 5.26 Å². The van der Waals surface area contributed by atoms with Crippen molar-refractivity contribution in [3.8, 4) is 6.07 Å². The highest BCUT2D eigenvalue weighted by atomic mass is 16.3. The van der Waals surface area contributed by atoms with Crippen LogP contribution in [0.3, 0.4) is 0 Å². The molecule has 3 nitrogen and oxygen atoms in total. The van der Waals surface area contributed by atoms with E-state index in [0.717, 1.165) is 36.5 Å². The summed E-state index contributed by atoms with van der Waals surface area (Å²) in [5.74, 6) is 3.35. The first-order chi connectivity index (χ1) is 11.5. The van der Waals surface area contributed by atoms with Gasteiger partial charge in [0, 0.05) is 6.04 Å². The minimum absolute atomic E-state index is 0.0421. The minimum Gasteiger partial charge on any atom is -0.393 e. The van der Waals surface area contributed by atoms with Crippen LogP contribution >= 0.6 is 0 Å². The Hall–Kier alpha value is -0.590. The number of aliphatic hydroxyl groups is 1. The van der Waals surface area contributed by atoms with Crippen LogP contribution in [0.15, 0.2) is 0 Å². The van der Waals surface area contributed by atoms with Gasteiger partial charge in [0.1, 0.15) is 0 Å². The summed E-state index contributed by atoms with van der Waals surface area (Å²) in [4.78, 5) is 0. The summed E-state index contributed by atoms with van der Waals surface area (Å²) in [6.45, 7) is 5.57. The quantitative estimate of drug-likeness (QED) is 0.756. The minimum atomic E-state index is -0.0421. The van der Waals surface area contributed by atoms with E-state index in [1.165, 1.54) is 44.9 Å². The molecular formula is C21H34N2O. The van der Waals surface area contributed by atoms with Gasteiger partial charge < -0.3 is 10.4 Å². The maximum absolute atomic E-state index is 10.1. The van der Waals surface area contributed by atoms with Crippen molar-refractivity contribution >= 4 is 0 Å². The largest absolute Gasteiger partial charge is 0.393 e. The maximum Gasteiger partial charge on any atom is 0.0843 e. The number of nitrogens with zero attached hydrogens (tertiary/aromatic N) is 1. The molecule has 4 fully saturated rings. The van der Waals surface area contributed by atoms with Gasteiger partial charge in [0.05, 0.1) is 18.7 Å². The lowest BCUT2D eigenvalue weighted by molar-refractivity contribution is -0.123. The number of fused-ring (bicyclic) bond motifs is 5. The van der Waals surface area contributed by atoms with Crippen molar-refractivity contribution < 1.29 is 5.11 Å². The molecule has 0 saturated heterocycles. The fourth-order valence-electron chi connectivity index (χ4n) is 7.74. The van der Waals surface area contributed by atoms with E-state index in [0.29, 0.717) is 23.4 Å². The molecule has 0 aromatic rings. The monoisotopic (exact) mass is 330 g/mol. The second kappa shape index (κ2) is 5.99. The summed E-state index contributed by atoms with van der Waals surface area (Å²) in [5, 5.41) is 22.6. The van der Waals surface area contributed by atoms with Crippen molar-refractivity contribution in [1.82, 2.24) is 5.32 Å². The number of hydrogen-bond donors (Lipinski definition) is 2. The number of nitrogens with one attached hydrogen (secondary N) is 1. The highest BCUT2D eigenvalue weighted by Crippen LogP contribution is 2.66. The van der Waals surface area contributed by atoms with Gasteiger partial charge >= 0.3 is 0 Å². The number of nitriles is 1. The third kappa shape index (κ3) is 2.36. The molecule has 4 saturated carbocycles. The fraction of sp³-hybridized carbons (Fsp3) is 0.952. The summed E-state index contributed by atoms with van der Waals surface area (Å²) < 4.78 is 0. The second-order valence-electron chi connectivity index (χ2n) is 9.80. The van der Waals surface area contributed by atoms with Gasteiger partial charge in [-0.15, -0.1) is 0 Å². The van der Waals surface area contributed by atoms with Gasteiger partial charge in [0.2, 0.25) is 0 Å². The van der Waals surface area contributed by atoms with Crippen LogP contribution in [-0.2, 0) is 0 Å². The Balaban J connectivity index is 1.55. The van der Waals surface area contributed by atoms with Gasteiger partial charge in [0.15, 0.2) is 0 Å². The van der Waals surface area contributed by atoms with Crippen LogP contribution in [0, 0.1) is 45.8 Å². The van der Waals surface area contributed by atoms with E-state index in [-0.39, 0.29) is 6.10 Å². The molecule has 0 aliphatic heterocycles. The normalized spacial score (nSPS) is 53.6. The maximum atomic E-state index is 10.1. The highest BCUT2D eigenvalue weighted by Gasteiger charge is 2.59. The zero-order valence-electron chi connectivity index (χ0n) is 15.4. The van der Waals surface area contributed by atoms with Crippen molar-refractivity contribution in [3.63, 3.8) is 0 Å². The Morgan fingerprint density at radius 3 is 2.54 bits per heavy atom. The van der Waals surface area contributed by atoms with E-state index in [1.54, 1.807) is 0 Å². The topological polar surface area (TPSA) is 56.0 Å². The van der Waals surface area contributed by atoms with Gasteiger partial charge in [-0.3, -0.25) is 0 Å².